The van der Waals surface area contributed by atoms with E-state index >= 15 is 0 Å². The van der Waals surface area contributed by atoms with Crippen LogP contribution in [0.2, 0.25) is 0 Å². The Morgan fingerprint density at radius 3 is 2.77 bits per heavy atom. The van der Waals surface area contributed by atoms with Gasteiger partial charge < -0.3 is 9.88 Å². The minimum atomic E-state index is -0.205. The summed E-state index contributed by atoms with van der Waals surface area (Å²) in [6.45, 7) is 1.96. The van der Waals surface area contributed by atoms with Crippen LogP contribution in [0.15, 0.2) is 36.7 Å². The molecule has 0 aromatic carbocycles. The maximum Gasteiger partial charge on any atom is 0.322 e. The standard InChI is InChI=1S/C16H17N5O/c1-10-6-11(4-5-17-10)13-7-12-9-18-15(8-14(12)19-13)20-16(22)21(2)3/h4-9,19H,1-3H3,(H,18,20,22). The van der Waals surface area contributed by atoms with E-state index in [1.807, 2.05) is 31.2 Å². The van der Waals surface area contributed by atoms with Crippen molar-refractivity contribution in [3.63, 3.8) is 0 Å². The fourth-order valence-electron chi connectivity index (χ4n) is 2.18. The smallest absolute Gasteiger partial charge is 0.322 e. The Morgan fingerprint density at radius 2 is 2.05 bits per heavy atom. The molecule has 3 heterocycles. The third-order valence-electron chi connectivity index (χ3n) is 3.35. The van der Waals surface area contributed by atoms with E-state index in [2.05, 4.69) is 20.3 Å². The van der Waals surface area contributed by atoms with Crippen LogP contribution in [0.5, 0.6) is 0 Å². The molecule has 0 unspecified atom stereocenters. The summed E-state index contributed by atoms with van der Waals surface area (Å²) in [5, 5.41) is 3.73. The Labute approximate surface area is 128 Å². The molecule has 0 atom stereocenters. The topological polar surface area (TPSA) is 73.9 Å². The molecule has 6 nitrogen and oxygen atoms in total. The van der Waals surface area contributed by atoms with Crippen molar-refractivity contribution >= 4 is 22.8 Å². The predicted molar refractivity (Wildman–Crippen MR) is 86.8 cm³/mol. The third-order valence-corrected chi connectivity index (χ3v) is 3.35. The van der Waals surface area contributed by atoms with Gasteiger partial charge in [0.05, 0.1) is 5.52 Å². The normalized spacial score (nSPS) is 10.7. The molecule has 3 rings (SSSR count). The van der Waals surface area contributed by atoms with Crippen LogP contribution in [0.3, 0.4) is 0 Å². The number of hydrogen-bond acceptors (Lipinski definition) is 3. The number of anilines is 1. The molecule has 3 aromatic heterocycles. The zero-order valence-corrected chi connectivity index (χ0v) is 12.7. The average molecular weight is 295 g/mol. The zero-order chi connectivity index (χ0) is 15.7. The van der Waals surface area contributed by atoms with E-state index in [-0.39, 0.29) is 6.03 Å². The van der Waals surface area contributed by atoms with Gasteiger partial charge in [-0.3, -0.25) is 10.3 Å². The fourth-order valence-corrected chi connectivity index (χ4v) is 2.18. The van der Waals surface area contributed by atoms with Gasteiger partial charge in [0.25, 0.3) is 0 Å². The van der Waals surface area contributed by atoms with Crippen molar-refractivity contribution in [3.05, 3.63) is 42.4 Å². The number of aryl methyl sites for hydroxylation is 1. The predicted octanol–water partition coefficient (Wildman–Crippen LogP) is 3.03. The molecule has 0 aliphatic carbocycles. The van der Waals surface area contributed by atoms with E-state index in [0.29, 0.717) is 5.82 Å². The largest absolute Gasteiger partial charge is 0.354 e. The van der Waals surface area contributed by atoms with Gasteiger partial charge in [-0.1, -0.05) is 0 Å². The number of hydrogen-bond donors (Lipinski definition) is 2. The number of rotatable bonds is 2. The molecule has 0 aliphatic heterocycles. The first-order chi connectivity index (χ1) is 10.5. The van der Waals surface area contributed by atoms with E-state index in [4.69, 9.17) is 0 Å². The Kier molecular flexibility index (Phi) is 3.50. The minimum absolute atomic E-state index is 0.205. The molecule has 0 bridgehead atoms. The molecule has 0 fully saturated rings. The first-order valence-corrected chi connectivity index (χ1v) is 6.93. The lowest BCUT2D eigenvalue weighted by molar-refractivity contribution is 0.230. The Hall–Kier alpha value is -2.89. The fraction of sp³-hybridized carbons (Fsp3) is 0.188. The van der Waals surface area contributed by atoms with Crippen LogP contribution >= 0.6 is 0 Å². The van der Waals surface area contributed by atoms with Crippen LogP contribution < -0.4 is 5.32 Å². The molecule has 0 spiro atoms. The summed E-state index contributed by atoms with van der Waals surface area (Å²) in [6, 6.07) is 7.64. The summed E-state index contributed by atoms with van der Waals surface area (Å²) in [6.07, 6.45) is 3.53. The SMILES string of the molecule is Cc1cc(-c2cc3cnc(NC(=O)N(C)C)cc3[nH]2)ccn1. The second-order valence-electron chi connectivity index (χ2n) is 5.35. The number of nitrogens with one attached hydrogen (secondary N) is 2. The number of amides is 2. The number of aromatic nitrogens is 3. The summed E-state index contributed by atoms with van der Waals surface area (Å²) >= 11 is 0. The van der Waals surface area contributed by atoms with Gasteiger partial charge in [-0.2, -0.15) is 0 Å². The lowest BCUT2D eigenvalue weighted by atomic mass is 10.2. The van der Waals surface area contributed by atoms with Crippen LogP contribution in [0.25, 0.3) is 22.2 Å². The maximum absolute atomic E-state index is 11.7. The van der Waals surface area contributed by atoms with Crippen LogP contribution in [-0.2, 0) is 0 Å². The van der Waals surface area contributed by atoms with Gasteiger partial charge in [-0.15, -0.1) is 0 Å². The number of H-pyrrole nitrogens is 1. The van der Waals surface area contributed by atoms with Crippen LogP contribution in [0.1, 0.15) is 5.69 Å². The highest BCUT2D eigenvalue weighted by Gasteiger charge is 2.08. The monoisotopic (exact) mass is 295 g/mol. The molecule has 0 saturated carbocycles. The van der Waals surface area contributed by atoms with Crippen molar-refractivity contribution < 1.29 is 4.79 Å². The number of aromatic amines is 1. The second kappa shape index (κ2) is 5.48. The molecule has 0 radical (unpaired) electrons. The van der Waals surface area contributed by atoms with Crippen LogP contribution in [-0.4, -0.2) is 40.0 Å². The average Bonchev–Trinajstić information content (AvgIpc) is 2.90. The molecule has 112 valence electrons. The lowest BCUT2D eigenvalue weighted by Crippen LogP contribution is -2.27. The summed E-state index contributed by atoms with van der Waals surface area (Å²) in [5.74, 6) is 0.519. The first-order valence-electron chi connectivity index (χ1n) is 6.93. The van der Waals surface area contributed by atoms with E-state index in [0.717, 1.165) is 27.9 Å². The summed E-state index contributed by atoms with van der Waals surface area (Å²) in [5.41, 5.74) is 3.96. The highest BCUT2D eigenvalue weighted by molar-refractivity contribution is 5.92. The highest BCUT2D eigenvalue weighted by atomic mass is 16.2. The molecule has 6 heteroatoms. The minimum Gasteiger partial charge on any atom is -0.354 e. The van der Waals surface area contributed by atoms with Gasteiger partial charge in [0.2, 0.25) is 0 Å². The Balaban J connectivity index is 1.95. The van der Waals surface area contributed by atoms with Crippen molar-refractivity contribution in [3.8, 4) is 11.3 Å². The Morgan fingerprint density at radius 1 is 1.23 bits per heavy atom. The summed E-state index contributed by atoms with van der Waals surface area (Å²) < 4.78 is 0. The van der Waals surface area contributed by atoms with Gasteiger partial charge >= 0.3 is 6.03 Å². The van der Waals surface area contributed by atoms with Gasteiger partial charge in [0.15, 0.2) is 0 Å². The van der Waals surface area contributed by atoms with Crippen molar-refractivity contribution in [1.82, 2.24) is 19.9 Å². The molecule has 0 saturated heterocycles. The zero-order valence-electron chi connectivity index (χ0n) is 12.7. The van der Waals surface area contributed by atoms with Gasteiger partial charge in [-0.05, 0) is 25.1 Å². The van der Waals surface area contributed by atoms with E-state index < -0.39 is 0 Å². The second-order valence-corrected chi connectivity index (χ2v) is 5.35. The number of fused-ring (bicyclic) bond motifs is 1. The van der Waals surface area contributed by atoms with E-state index in [9.17, 15) is 4.79 Å². The third kappa shape index (κ3) is 2.76. The first kappa shape index (κ1) is 14.1. The quantitative estimate of drug-likeness (QED) is 0.763. The molecular formula is C16H17N5O. The van der Waals surface area contributed by atoms with Gasteiger partial charge in [-0.25, -0.2) is 9.78 Å². The van der Waals surface area contributed by atoms with Crippen LogP contribution in [0, 0.1) is 6.92 Å². The maximum atomic E-state index is 11.7. The van der Waals surface area contributed by atoms with Crippen molar-refractivity contribution in [2.45, 2.75) is 6.92 Å². The molecular weight excluding hydrogens is 278 g/mol. The Bertz CT molecular complexity index is 837. The highest BCUT2D eigenvalue weighted by Crippen LogP contribution is 2.25. The van der Waals surface area contributed by atoms with Gasteiger partial charge in [0, 0.05) is 54.9 Å². The number of carbonyl (C=O) groups excluding carboxylic acids is 1. The number of urea groups is 1. The lowest BCUT2D eigenvalue weighted by Gasteiger charge is -2.10. The van der Waals surface area contributed by atoms with E-state index in [1.54, 1.807) is 26.5 Å². The van der Waals surface area contributed by atoms with Crippen molar-refractivity contribution in [2.75, 3.05) is 19.4 Å². The van der Waals surface area contributed by atoms with Crippen LogP contribution in [0.4, 0.5) is 10.6 Å². The van der Waals surface area contributed by atoms with Crippen molar-refractivity contribution in [1.29, 1.82) is 0 Å². The summed E-state index contributed by atoms with van der Waals surface area (Å²) in [7, 11) is 3.37. The van der Waals surface area contributed by atoms with Gasteiger partial charge in [0.1, 0.15) is 5.82 Å². The van der Waals surface area contributed by atoms with E-state index in [1.165, 1.54) is 4.90 Å². The molecule has 0 aliphatic rings. The number of nitrogens with zero attached hydrogens (tertiary/aromatic N) is 3. The van der Waals surface area contributed by atoms with Crippen molar-refractivity contribution in [2.24, 2.45) is 0 Å². The number of pyridine rings is 2. The molecule has 3 aromatic rings. The molecule has 2 N–H and O–H groups in total. The summed E-state index contributed by atoms with van der Waals surface area (Å²) in [4.78, 5) is 25.0. The molecule has 22 heavy (non-hydrogen) atoms. The molecule has 2 amide bonds. The number of carbonyl (C=O) groups is 1.